The number of rotatable bonds is 8. The Morgan fingerprint density at radius 1 is 0.967 bits per heavy atom. The molecule has 0 saturated heterocycles. The first-order valence-electron chi connectivity index (χ1n) is 10.8. The highest BCUT2D eigenvalue weighted by atomic mass is 16.1. The largest absolute Gasteiger partial charge is 0.356 e. The van der Waals surface area contributed by atoms with Gasteiger partial charge >= 0.3 is 0 Å². The number of anilines is 1. The van der Waals surface area contributed by atoms with Crippen LogP contribution >= 0.6 is 0 Å². The van der Waals surface area contributed by atoms with E-state index in [1.807, 2.05) is 0 Å². The van der Waals surface area contributed by atoms with E-state index < -0.39 is 0 Å². The lowest BCUT2D eigenvalue weighted by molar-refractivity contribution is -0.118. The van der Waals surface area contributed by atoms with Gasteiger partial charge in [-0.25, -0.2) is 4.98 Å². The Morgan fingerprint density at radius 2 is 1.60 bits per heavy atom. The molecule has 0 radical (unpaired) electrons. The molecule has 0 bridgehead atoms. The lowest BCUT2D eigenvalue weighted by atomic mass is 10.0. The van der Waals surface area contributed by atoms with Crippen LogP contribution in [0.4, 0.5) is 5.82 Å². The van der Waals surface area contributed by atoms with E-state index in [-0.39, 0.29) is 5.91 Å². The first-order chi connectivity index (χ1) is 14.7. The quantitative estimate of drug-likeness (QED) is 0.589. The van der Waals surface area contributed by atoms with Crippen LogP contribution in [0, 0.1) is 0 Å². The van der Waals surface area contributed by atoms with Crippen LogP contribution in [0.1, 0.15) is 48.1 Å². The Bertz CT molecular complexity index is 931. The Balaban J connectivity index is 1.58. The average molecular weight is 400 g/mol. The number of hydrogen-bond acceptors (Lipinski definition) is 3. The average Bonchev–Trinajstić information content (AvgIpc) is 3.17. The first kappa shape index (κ1) is 20.1. The third kappa shape index (κ3) is 5.07. The van der Waals surface area contributed by atoms with Crippen molar-refractivity contribution in [2.75, 3.05) is 11.4 Å². The topological polar surface area (TPSA) is 45.2 Å². The summed E-state index contributed by atoms with van der Waals surface area (Å²) < 4.78 is 0. The van der Waals surface area contributed by atoms with Crippen LogP contribution in [0.15, 0.2) is 72.8 Å². The van der Waals surface area contributed by atoms with E-state index in [0.29, 0.717) is 12.5 Å². The summed E-state index contributed by atoms with van der Waals surface area (Å²) in [7, 11) is 0. The van der Waals surface area contributed by atoms with E-state index in [1.165, 1.54) is 22.4 Å². The number of nitrogens with one attached hydrogen (secondary N) is 1. The molecule has 1 N–H and O–H groups in total. The molecule has 1 aliphatic rings. The molecule has 1 aromatic heterocycles. The van der Waals surface area contributed by atoms with Crippen LogP contribution in [0.25, 0.3) is 0 Å². The zero-order valence-corrected chi connectivity index (χ0v) is 17.6. The van der Waals surface area contributed by atoms with Crippen LogP contribution < -0.4 is 10.2 Å². The number of amides is 1. The summed E-state index contributed by atoms with van der Waals surface area (Å²) in [5, 5.41) is 2.93. The normalized spacial score (nSPS) is 14.9. The molecule has 1 heterocycles. The van der Waals surface area contributed by atoms with Crippen LogP contribution in [-0.2, 0) is 24.3 Å². The highest BCUT2D eigenvalue weighted by Crippen LogP contribution is 2.35. The molecule has 0 fully saturated rings. The predicted octanol–water partition coefficient (Wildman–Crippen LogP) is 4.84. The Kier molecular flexibility index (Phi) is 6.43. The standard InChI is InChI=1S/C26H29N3O/c1-20(30)27-17-16-24-13-12-23-14-15-25(28-26(23)24)29(18-21-8-4-2-5-9-21)19-22-10-6-3-7-11-22/h2-11,14-15,24H,12-13,16-19H2,1H3,(H,27,30). The van der Waals surface area contributed by atoms with Crippen LogP contribution in [0.2, 0.25) is 0 Å². The maximum Gasteiger partial charge on any atom is 0.216 e. The van der Waals surface area contributed by atoms with E-state index in [1.54, 1.807) is 6.92 Å². The van der Waals surface area contributed by atoms with Crippen molar-refractivity contribution in [1.82, 2.24) is 10.3 Å². The van der Waals surface area contributed by atoms with E-state index in [2.05, 4.69) is 83.0 Å². The van der Waals surface area contributed by atoms with Crippen molar-refractivity contribution < 1.29 is 4.79 Å². The van der Waals surface area contributed by atoms with E-state index >= 15 is 0 Å². The molecule has 4 rings (SSSR count). The molecule has 1 aliphatic carbocycles. The molecule has 154 valence electrons. The number of carbonyl (C=O) groups is 1. The fourth-order valence-electron chi connectivity index (χ4n) is 4.23. The van der Waals surface area contributed by atoms with Crippen LogP contribution in [-0.4, -0.2) is 17.4 Å². The summed E-state index contributed by atoms with van der Waals surface area (Å²) in [6.45, 7) is 3.92. The zero-order chi connectivity index (χ0) is 20.8. The second-order valence-corrected chi connectivity index (χ2v) is 8.05. The summed E-state index contributed by atoms with van der Waals surface area (Å²) in [5.74, 6) is 1.47. The minimum absolute atomic E-state index is 0.0341. The zero-order valence-electron chi connectivity index (χ0n) is 17.6. The number of fused-ring (bicyclic) bond motifs is 1. The lowest BCUT2D eigenvalue weighted by Gasteiger charge is -2.25. The molecular formula is C26H29N3O. The van der Waals surface area contributed by atoms with E-state index in [0.717, 1.165) is 38.2 Å². The number of benzene rings is 2. The molecule has 4 nitrogen and oxygen atoms in total. The maximum atomic E-state index is 11.2. The van der Waals surface area contributed by atoms with Crippen LogP contribution in [0.3, 0.4) is 0 Å². The SMILES string of the molecule is CC(=O)NCCC1CCc2ccc(N(Cc3ccccc3)Cc3ccccc3)nc21. The van der Waals surface area contributed by atoms with Gasteiger partial charge in [0.15, 0.2) is 0 Å². The Morgan fingerprint density at radius 3 is 2.20 bits per heavy atom. The summed E-state index contributed by atoms with van der Waals surface area (Å²) in [5.41, 5.74) is 5.12. The van der Waals surface area contributed by atoms with Crippen molar-refractivity contribution in [2.24, 2.45) is 0 Å². The van der Waals surface area contributed by atoms with Crippen molar-refractivity contribution in [2.45, 2.75) is 45.2 Å². The minimum atomic E-state index is 0.0341. The van der Waals surface area contributed by atoms with Gasteiger partial charge in [0.1, 0.15) is 5.82 Å². The monoisotopic (exact) mass is 399 g/mol. The molecule has 0 spiro atoms. The fourth-order valence-corrected chi connectivity index (χ4v) is 4.23. The Labute approximate surface area is 179 Å². The summed E-state index contributed by atoms with van der Waals surface area (Å²) in [6.07, 6.45) is 3.13. The third-order valence-corrected chi connectivity index (χ3v) is 5.77. The highest BCUT2D eigenvalue weighted by Gasteiger charge is 2.25. The third-order valence-electron chi connectivity index (χ3n) is 5.77. The van der Waals surface area contributed by atoms with Crippen molar-refractivity contribution in [1.29, 1.82) is 0 Å². The molecule has 2 aromatic carbocycles. The van der Waals surface area contributed by atoms with Gasteiger partial charge in [0.25, 0.3) is 0 Å². The smallest absolute Gasteiger partial charge is 0.216 e. The minimum Gasteiger partial charge on any atom is -0.356 e. The Hall–Kier alpha value is -3.14. The van der Waals surface area contributed by atoms with Crippen molar-refractivity contribution >= 4 is 11.7 Å². The lowest BCUT2D eigenvalue weighted by Crippen LogP contribution is -2.24. The number of pyridine rings is 1. The second kappa shape index (κ2) is 9.57. The van der Waals surface area contributed by atoms with Crippen LogP contribution in [0.5, 0.6) is 0 Å². The number of aromatic nitrogens is 1. The van der Waals surface area contributed by atoms with Gasteiger partial charge in [0.05, 0.1) is 0 Å². The number of nitrogens with zero attached hydrogens (tertiary/aromatic N) is 2. The van der Waals surface area contributed by atoms with Gasteiger partial charge in [-0.05, 0) is 42.0 Å². The molecular weight excluding hydrogens is 370 g/mol. The molecule has 30 heavy (non-hydrogen) atoms. The molecule has 4 heteroatoms. The molecule has 3 aromatic rings. The van der Waals surface area contributed by atoms with Gasteiger partial charge in [0, 0.05) is 38.2 Å². The first-order valence-corrected chi connectivity index (χ1v) is 10.8. The van der Waals surface area contributed by atoms with Crippen molar-refractivity contribution in [3.05, 3.63) is 95.2 Å². The van der Waals surface area contributed by atoms with Gasteiger partial charge in [0.2, 0.25) is 5.91 Å². The van der Waals surface area contributed by atoms with E-state index in [4.69, 9.17) is 4.98 Å². The molecule has 1 amide bonds. The summed E-state index contributed by atoms with van der Waals surface area (Å²) >= 11 is 0. The molecule has 0 saturated carbocycles. The molecule has 1 atom stereocenters. The summed E-state index contributed by atoms with van der Waals surface area (Å²) in [4.78, 5) is 18.7. The van der Waals surface area contributed by atoms with Gasteiger partial charge < -0.3 is 10.2 Å². The number of aryl methyl sites for hydroxylation is 1. The molecule has 1 unspecified atom stereocenters. The van der Waals surface area contributed by atoms with Gasteiger partial charge in [-0.2, -0.15) is 0 Å². The second-order valence-electron chi connectivity index (χ2n) is 8.05. The number of carbonyl (C=O) groups excluding carboxylic acids is 1. The van der Waals surface area contributed by atoms with Gasteiger partial charge in [-0.3, -0.25) is 4.79 Å². The van der Waals surface area contributed by atoms with E-state index in [9.17, 15) is 4.79 Å². The highest BCUT2D eigenvalue weighted by molar-refractivity contribution is 5.72. The van der Waals surface area contributed by atoms with Gasteiger partial charge in [-0.15, -0.1) is 0 Å². The fraction of sp³-hybridized carbons (Fsp3) is 0.308. The predicted molar refractivity (Wildman–Crippen MR) is 121 cm³/mol. The van der Waals surface area contributed by atoms with Crippen molar-refractivity contribution in [3.63, 3.8) is 0 Å². The maximum absolute atomic E-state index is 11.2. The van der Waals surface area contributed by atoms with Gasteiger partial charge in [-0.1, -0.05) is 66.7 Å². The summed E-state index contributed by atoms with van der Waals surface area (Å²) in [6, 6.07) is 25.5. The molecule has 0 aliphatic heterocycles. The number of hydrogen-bond donors (Lipinski definition) is 1. The van der Waals surface area contributed by atoms with Crippen molar-refractivity contribution in [3.8, 4) is 0 Å².